The molecule has 2 N–H and O–H groups in total. The van der Waals surface area contributed by atoms with Crippen molar-refractivity contribution in [2.75, 3.05) is 5.32 Å². The van der Waals surface area contributed by atoms with Crippen molar-refractivity contribution in [1.82, 2.24) is 10.3 Å². The van der Waals surface area contributed by atoms with Gasteiger partial charge in [-0.15, -0.1) is 11.3 Å². The fourth-order valence-electron chi connectivity index (χ4n) is 2.45. The summed E-state index contributed by atoms with van der Waals surface area (Å²) in [5.74, 6) is -0.241. The van der Waals surface area contributed by atoms with Crippen LogP contribution >= 0.6 is 35.2 Å². The molecule has 0 saturated carbocycles. The number of carbonyl (C=O) groups excluding carboxylic acids is 1. The topological polar surface area (TPSA) is 54.0 Å². The van der Waals surface area contributed by atoms with Gasteiger partial charge in [0.05, 0.1) is 5.69 Å². The lowest BCUT2D eigenvalue weighted by Crippen LogP contribution is -2.34. The average Bonchev–Trinajstić information content (AvgIpc) is 3.03. The van der Waals surface area contributed by atoms with E-state index >= 15 is 0 Å². The lowest BCUT2D eigenvalue weighted by atomic mass is 10.1. The zero-order chi connectivity index (χ0) is 18.7. The fourth-order valence-corrected chi connectivity index (χ4v) is 3.56. The second-order valence-corrected chi connectivity index (χ2v) is 7.47. The summed E-state index contributed by atoms with van der Waals surface area (Å²) in [6.45, 7) is 3.89. The van der Waals surface area contributed by atoms with Gasteiger partial charge < -0.3 is 5.32 Å². The van der Waals surface area contributed by atoms with Gasteiger partial charge in [-0.05, 0) is 49.8 Å². The molecule has 0 bridgehead atoms. The number of amides is 1. The van der Waals surface area contributed by atoms with Gasteiger partial charge in [0.25, 0.3) is 5.91 Å². The Morgan fingerprint density at radius 2 is 1.88 bits per heavy atom. The van der Waals surface area contributed by atoms with Crippen molar-refractivity contribution in [2.24, 2.45) is 0 Å². The van der Waals surface area contributed by atoms with Gasteiger partial charge >= 0.3 is 0 Å². The predicted octanol–water partition coefficient (Wildman–Crippen LogP) is 5.21. The van der Waals surface area contributed by atoms with Crippen LogP contribution in [0.4, 0.5) is 5.13 Å². The first-order valence-electron chi connectivity index (χ1n) is 7.83. The maximum atomic E-state index is 12.4. The standard InChI is InChI=1S/C19H16ClN3OS2/c1-11-3-8-15(12(2)9-11)17(24)22-18(25)23-19-21-16(10-26-19)13-4-6-14(20)7-5-13/h3-10H,1-2H3,(H2,21,22,23,24,25). The number of nitrogens with zero attached hydrogens (tertiary/aromatic N) is 1. The van der Waals surface area contributed by atoms with Crippen LogP contribution in [0.3, 0.4) is 0 Å². The van der Waals surface area contributed by atoms with Crippen molar-refractivity contribution in [3.05, 3.63) is 69.6 Å². The quantitative estimate of drug-likeness (QED) is 0.591. The second-order valence-electron chi connectivity index (χ2n) is 5.77. The average molecular weight is 402 g/mol. The molecule has 2 aromatic carbocycles. The molecule has 0 aliphatic carbocycles. The third-order valence-electron chi connectivity index (χ3n) is 3.72. The lowest BCUT2D eigenvalue weighted by molar-refractivity contribution is 0.0977. The van der Waals surface area contributed by atoms with E-state index in [1.807, 2.05) is 55.6 Å². The summed E-state index contributed by atoms with van der Waals surface area (Å²) in [6, 6.07) is 13.1. The Morgan fingerprint density at radius 3 is 2.58 bits per heavy atom. The van der Waals surface area contributed by atoms with Gasteiger partial charge in [-0.25, -0.2) is 4.98 Å². The minimum absolute atomic E-state index is 0.215. The number of nitrogens with one attached hydrogen (secondary N) is 2. The number of carbonyl (C=O) groups is 1. The highest BCUT2D eigenvalue weighted by Crippen LogP contribution is 2.25. The summed E-state index contributed by atoms with van der Waals surface area (Å²) in [6.07, 6.45) is 0. The molecule has 4 nitrogen and oxygen atoms in total. The number of halogens is 1. The van der Waals surface area contributed by atoms with Gasteiger partial charge in [0.15, 0.2) is 10.2 Å². The van der Waals surface area contributed by atoms with Gasteiger partial charge in [-0.2, -0.15) is 0 Å². The van der Waals surface area contributed by atoms with Crippen molar-refractivity contribution < 1.29 is 4.79 Å². The normalized spacial score (nSPS) is 10.4. The van der Waals surface area contributed by atoms with Crippen LogP contribution in [0.1, 0.15) is 21.5 Å². The first-order chi connectivity index (χ1) is 12.4. The van der Waals surface area contributed by atoms with Crippen LogP contribution < -0.4 is 10.6 Å². The van der Waals surface area contributed by atoms with E-state index < -0.39 is 0 Å². The summed E-state index contributed by atoms with van der Waals surface area (Å²) in [5.41, 5.74) is 4.39. The number of rotatable bonds is 3. The van der Waals surface area contributed by atoms with E-state index in [-0.39, 0.29) is 11.0 Å². The second kappa shape index (κ2) is 7.95. The molecule has 3 rings (SSSR count). The molecule has 3 aromatic rings. The number of thiocarbonyl (C=S) groups is 1. The highest BCUT2D eigenvalue weighted by atomic mass is 35.5. The number of benzene rings is 2. The van der Waals surface area contributed by atoms with Crippen molar-refractivity contribution >= 4 is 51.3 Å². The number of hydrogen-bond acceptors (Lipinski definition) is 4. The van der Waals surface area contributed by atoms with Crippen LogP contribution in [0.15, 0.2) is 47.8 Å². The monoisotopic (exact) mass is 401 g/mol. The van der Waals surface area contributed by atoms with Gasteiger partial charge in [-0.1, -0.05) is 41.4 Å². The third-order valence-corrected chi connectivity index (χ3v) is 4.93. The summed E-state index contributed by atoms with van der Waals surface area (Å²) in [4.78, 5) is 16.9. The summed E-state index contributed by atoms with van der Waals surface area (Å²) >= 11 is 12.5. The van der Waals surface area contributed by atoms with Crippen LogP contribution in [0.5, 0.6) is 0 Å². The van der Waals surface area contributed by atoms with Gasteiger partial charge in [-0.3, -0.25) is 10.1 Å². The third kappa shape index (κ3) is 4.46. The molecule has 0 fully saturated rings. The molecule has 0 spiro atoms. The van der Waals surface area contributed by atoms with E-state index in [2.05, 4.69) is 15.6 Å². The Bertz CT molecular complexity index is 967. The molecule has 26 heavy (non-hydrogen) atoms. The van der Waals surface area contributed by atoms with Gasteiger partial charge in [0.1, 0.15) is 0 Å². The highest BCUT2D eigenvalue weighted by molar-refractivity contribution is 7.80. The first-order valence-corrected chi connectivity index (χ1v) is 9.50. The van der Waals surface area contributed by atoms with Crippen LogP contribution in [0.2, 0.25) is 5.02 Å². The summed E-state index contributed by atoms with van der Waals surface area (Å²) in [7, 11) is 0. The number of aryl methyl sites for hydroxylation is 2. The molecule has 0 aliphatic rings. The molecule has 0 aliphatic heterocycles. The molecule has 0 unspecified atom stereocenters. The van der Waals surface area contributed by atoms with E-state index in [1.54, 1.807) is 6.07 Å². The molecule has 0 atom stereocenters. The van der Waals surface area contributed by atoms with E-state index in [4.69, 9.17) is 23.8 Å². The molecular formula is C19H16ClN3OS2. The number of aromatic nitrogens is 1. The van der Waals surface area contributed by atoms with E-state index in [0.717, 1.165) is 22.4 Å². The van der Waals surface area contributed by atoms with E-state index in [0.29, 0.717) is 15.7 Å². The van der Waals surface area contributed by atoms with Gasteiger partial charge in [0, 0.05) is 21.5 Å². The van der Waals surface area contributed by atoms with Crippen LogP contribution in [-0.2, 0) is 0 Å². The number of thiazole rings is 1. The van der Waals surface area contributed by atoms with Crippen LogP contribution in [0.25, 0.3) is 11.3 Å². The van der Waals surface area contributed by atoms with Crippen molar-refractivity contribution in [2.45, 2.75) is 13.8 Å². The Labute approximate surface area is 166 Å². The summed E-state index contributed by atoms with van der Waals surface area (Å²) < 4.78 is 0. The van der Waals surface area contributed by atoms with E-state index in [1.165, 1.54) is 11.3 Å². The smallest absolute Gasteiger partial charge is 0.257 e. The van der Waals surface area contributed by atoms with Crippen LogP contribution in [-0.4, -0.2) is 16.0 Å². The molecule has 7 heteroatoms. The van der Waals surface area contributed by atoms with E-state index in [9.17, 15) is 4.79 Å². The first kappa shape index (κ1) is 18.5. The predicted molar refractivity (Wildman–Crippen MR) is 112 cm³/mol. The molecule has 1 aromatic heterocycles. The number of anilines is 1. The Kier molecular flexibility index (Phi) is 5.66. The maximum absolute atomic E-state index is 12.4. The lowest BCUT2D eigenvalue weighted by Gasteiger charge is -2.09. The molecule has 132 valence electrons. The van der Waals surface area contributed by atoms with Crippen LogP contribution in [0, 0.1) is 13.8 Å². The minimum atomic E-state index is -0.241. The zero-order valence-electron chi connectivity index (χ0n) is 14.2. The van der Waals surface area contributed by atoms with Crippen molar-refractivity contribution in [3.63, 3.8) is 0 Å². The molecular weight excluding hydrogens is 386 g/mol. The molecule has 0 saturated heterocycles. The molecule has 1 heterocycles. The maximum Gasteiger partial charge on any atom is 0.257 e. The molecule has 0 radical (unpaired) electrons. The minimum Gasteiger partial charge on any atom is -0.308 e. The molecule has 1 amide bonds. The van der Waals surface area contributed by atoms with Crippen molar-refractivity contribution in [1.29, 1.82) is 0 Å². The Morgan fingerprint density at radius 1 is 1.15 bits per heavy atom. The highest BCUT2D eigenvalue weighted by Gasteiger charge is 2.12. The Hall–Kier alpha value is -2.28. The van der Waals surface area contributed by atoms with Gasteiger partial charge in [0.2, 0.25) is 0 Å². The largest absolute Gasteiger partial charge is 0.308 e. The fraction of sp³-hybridized carbons (Fsp3) is 0.105. The number of hydrogen-bond donors (Lipinski definition) is 2. The Balaban J connectivity index is 1.65. The summed E-state index contributed by atoms with van der Waals surface area (Å²) in [5, 5.41) is 9.07. The zero-order valence-corrected chi connectivity index (χ0v) is 16.6. The van der Waals surface area contributed by atoms with Crippen molar-refractivity contribution in [3.8, 4) is 11.3 Å². The SMILES string of the molecule is Cc1ccc(C(=O)NC(=S)Nc2nc(-c3ccc(Cl)cc3)cs2)c(C)c1.